The van der Waals surface area contributed by atoms with E-state index in [1.807, 2.05) is 54.0 Å². The molecule has 0 bridgehead atoms. The van der Waals surface area contributed by atoms with E-state index in [2.05, 4.69) is 22.4 Å². The zero-order valence-electron chi connectivity index (χ0n) is 13.7. The average molecular weight is 319 g/mol. The van der Waals surface area contributed by atoms with Gasteiger partial charge in [0, 0.05) is 0 Å². The molecule has 4 nitrogen and oxygen atoms in total. The summed E-state index contributed by atoms with van der Waals surface area (Å²) in [6, 6.07) is 18.0. The first-order chi connectivity index (χ1) is 11.7. The van der Waals surface area contributed by atoms with Gasteiger partial charge in [0.05, 0.1) is 23.4 Å². The molecule has 1 heterocycles. The van der Waals surface area contributed by atoms with Crippen LogP contribution in [0.1, 0.15) is 37.4 Å². The number of fused-ring (bicyclic) bond motifs is 1. The lowest BCUT2D eigenvalue weighted by Crippen LogP contribution is -2.35. The Morgan fingerprint density at radius 3 is 2.58 bits per heavy atom. The Labute approximate surface area is 141 Å². The van der Waals surface area contributed by atoms with Crippen LogP contribution in [0.4, 0.5) is 0 Å². The minimum absolute atomic E-state index is 0.0407. The van der Waals surface area contributed by atoms with Crippen molar-refractivity contribution < 1.29 is 4.79 Å². The van der Waals surface area contributed by atoms with Gasteiger partial charge in [-0.15, -0.1) is 0 Å². The maximum Gasteiger partial charge on any atom is 0.243 e. The number of aromatic nitrogens is 2. The van der Waals surface area contributed by atoms with E-state index in [1.54, 1.807) is 6.33 Å². The molecule has 0 unspecified atom stereocenters. The Balaban J connectivity index is 1.56. The van der Waals surface area contributed by atoms with Crippen molar-refractivity contribution in [1.29, 1.82) is 0 Å². The molecule has 0 saturated heterocycles. The number of para-hydroxylation sites is 2. The van der Waals surface area contributed by atoms with Gasteiger partial charge in [-0.05, 0) is 43.4 Å². The molecule has 0 radical (unpaired) electrons. The first-order valence-electron chi connectivity index (χ1n) is 8.51. The third-order valence-electron chi connectivity index (χ3n) is 4.83. The predicted molar refractivity (Wildman–Crippen MR) is 94.5 cm³/mol. The molecule has 0 spiro atoms. The van der Waals surface area contributed by atoms with Gasteiger partial charge in [-0.1, -0.05) is 42.5 Å². The second-order valence-corrected chi connectivity index (χ2v) is 6.55. The molecule has 1 amide bonds. The second-order valence-electron chi connectivity index (χ2n) is 6.55. The van der Waals surface area contributed by atoms with Crippen LogP contribution in [0.25, 0.3) is 11.0 Å². The van der Waals surface area contributed by atoms with Crippen LogP contribution in [0.3, 0.4) is 0 Å². The SMILES string of the molecule is C[C@@H](C(=O)N[C@H](c1ccccc1)C1CC1)n1cnc2ccccc21. The molecule has 122 valence electrons. The highest BCUT2D eigenvalue weighted by atomic mass is 16.2. The summed E-state index contributed by atoms with van der Waals surface area (Å²) in [6.07, 6.45) is 4.12. The van der Waals surface area contributed by atoms with Gasteiger partial charge in [0.15, 0.2) is 0 Å². The van der Waals surface area contributed by atoms with Crippen molar-refractivity contribution in [2.45, 2.75) is 31.8 Å². The molecule has 1 saturated carbocycles. The van der Waals surface area contributed by atoms with Crippen LogP contribution in [0.15, 0.2) is 60.9 Å². The summed E-state index contributed by atoms with van der Waals surface area (Å²) in [5.74, 6) is 0.599. The number of hydrogen-bond acceptors (Lipinski definition) is 2. The van der Waals surface area contributed by atoms with Gasteiger partial charge in [-0.25, -0.2) is 4.98 Å². The number of carbonyl (C=O) groups excluding carboxylic acids is 1. The maximum absolute atomic E-state index is 12.8. The van der Waals surface area contributed by atoms with E-state index in [0.717, 1.165) is 11.0 Å². The van der Waals surface area contributed by atoms with Gasteiger partial charge in [0.25, 0.3) is 0 Å². The first-order valence-corrected chi connectivity index (χ1v) is 8.51. The van der Waals surface area contributed by atoms with E-state index in [-0.39, 0.29) is 18.0 Å². The number of amides is 1. The molecule has 1 aliphatic carbocycles. The van der Waals surface area contributed by atoms with E-state index in [9.17, 15) is 4.79 Å². The number of nitrogens with zero attached hydrogens (tertiary/aromatic N) is 2. The molecule has 1 aromatic heterocycles. The fraction of sp³-hybridized carbons (Fsp3) is 0.300. The lowest BCUT2D eigenvalue weighted by molar-refractivity contribution is -0.124. The van der Waals surface area contributed by atoms with Crippen molar-refractivity contribution in [3.8, 4) is 0 Å². The molecule has 3 aromatic rings. The van der Waals surface area contributed by atoms with Crippen LogP contribution in [0.5, 0.6) is 0 Å². The summed E-state index contributed by atoms with van der Waals surface area (Å²) in [7, 11) is 0. The normalized spacial score (nSPS) is 16.7. The second kappa shape index (κ2) is 6.11. The zero-order chi connectivity index (χ0) is 16.5. The molecule has 1 aliphatic rings. The van der Waals surface area contributed by atoms with Gasteiger partial charge in [0.1, 0.15) is 6.04 Å². The van der Waals surface area contributed by atoms with Crippen LogP contribution >= 0.6 is 0 Å². The fourth-order valence-corrected chi connectivity index (χ4v) is 3.25. The molecule has 2 atom stereocenters. The summed E-state index contributed by atoms with van der Waals surface area (Å²) in [5, 5.41) is 3.26. The predicted octanol–water partition coefficient (Wildman–Crippen LogP) is 3.86. The van der Waals surface area contributed by atoms with Crippen LogP contribution in [-0.4, -0.2) is 15.5 Å². The summed E-state index contributed by atoms with van der Waals surface area (Å²) in [6.45, 7) is 1.93. The monoisotopic (exact) mass is 319 g/mol. The van der Waals surface area contributed by atoms with Crippen molar-refractivity contribution in [3.63, 3.8) is 0 Å². The van der Waals surface area contributed by atoms with Gasteiger partial charge in [0.2, 0.25) is 5.91 Å². The third-order valence-corrected chi connectivity index (χ3v) is 4.83. The topological polar surface area (TPSA) is 46.9 Å². The van der Waals surface area contributed by atoms with Crippen molar-refractivity contribution in [2.24, 2.45) is 5.92 Å². The lowest BCUT2D eigenvalue weighted by Gasteiger charge is -2.22. The van der Waals surface area contributed by atoms with E-state index in [0.29, 0.717) is 5.92 Å². The van der Waals surface area contributed by atoms with E-state index < -0.39 is 0 Å². The van der Waals surface area contributed by atoms with Crippen LogP contribution < -0.4 is 5.32 Å². The average Bonchev–Trinajstić information content (AvgIpc) is 3.38. The number of nitrogens with one attached hydrogen (secondary N) is 1. The largest absolute Gasteiger partial charge is 0.347 e. The van der Waals surface area contributed by atoms with Crippen molar-refractivity contribution in [1.82, 2.24) is 14.9 Å². The quantitative estimate of drug-likeness (QED) is 0.776. The molecule has 0 aliphatic heterocycles. The lowest BCUT2D eigenvalue weighted by atomic mass is 10.0. The highest BCUT2D eigenvalue weighted by Gasteiger charge is 2.34. The van der Waals surface area contributed by atoms with E-state index >= 15 is 0 Å². The summed E-state index contributed by atoms with van der Waals surface area (Å²) < 4.78 is 1.94. The minimum Gasteiger partial charge on any atom is -0.347 e. The van der Waals surface area contributed by atoms with E-state index in [1.165, 1.54) is 18.4 Å². The number of imidazole rings is 1. The van der Waals surface area contributed by atoms with Crippen molar-refractivity contribution >= 4 is 16.9 Å². The molecule has 1 fully saturated rings. The fourth-order valence-electron chi connectivity index (χ4n) is 3.25. The van der Waals surface area contributed by atoms with Crippen molar-refractivity contribution in [3.05, 3.63) is 66.5 Å². The van der Waals surface area contributed by atoms with E-state index in [4.69, 9.17) is 0 Å². The first kappa shape index (κ1) is 14.9. The maximum atomic E-state index is 12.8. The molecule has 1 N–H and O–H groups in total. The van der Waals surface area contributed by atoms with Gasteiger partial charge >= 0.3 is 0 Å². The third kappa shape index (κ3) is 2.80. The summed E-state index contributed by atoms with van der Waals surface area (Å²) in [5.41, 5.74) is 3.10. The summed E-state index contributed by atoms with van der Waals surface area (Å²) in [4.78, 5) is 17.2. The molecule has 24 heavy (non-hydrogen) atoms. The van der Waals surface area contributed by atoms with Crippen LogP contribution in [-0.2, 0) is 4.79 Å². The Bertz CT molecular complexity index is 851. The number of rotatable bonds is 5. The molecule has 2 aromatic carbocycles. The number of benzene rings is 2. The molecule has 4 heteroatoms. The van der Waals surface area contributed by atoms with Crippen LogP contribution in [0.2, 0.25) is 0 Å². The smallest absolute Gasteiger partial charge is 0.243 e. The van der Waals surface area contributed by atoms with Crippen molar-refractivity contribution in [2.75, 3.05) is 0 Å². The number of carbonyl (C=O) groups is 1. The Kier molecular flexibility index (Phi) is 3.81. The molecule has 4 rings (SSSR count). The highest BCUT2D eigenvalue weighted by Crippen LogP contribution is 2.41. The van der Waals surface area contributed by atoms with Gasteiger partial charge in [-0.3, -0.25) is 4.79 Å². The Morgan fingerprint density at radius 1 is 1.12 bits per heavy atom. The Morgan fingerprint density at radius 2 is 1.83 bits per heavy atom. The number of hydrogen-bond donors (Lipinski definition) is 1. The van der Waals surface area contributed by atoms with Crippen LogP contribution in [0, 0.1) is 5.92 Å². The zero-order valence-corrected chi connectivity index (χ0v) is 13.7. The standard InChI is InChI=1S/C20H21N3O/c1-14(23-13-21-17-9-5-6-10-18(17)23)20(24)22-19(16-11-12-16)15-7-3-2-4-8-15/h2-10,13-14,16,19H,11-12H2,1H3,(H,22,24)/t14-,19+/m0/s1. The molecular formula is C20H21N3O. The minimum atomic E-state index is -0.289. The molecular weight excluding hydrogens is 298 g/mol. The van der Waals surface area contributed by atoms with Gasteiger partial charge < -0.3 is 9.88 Å². The summed E-state index contributed by atoms with van der Waals surface area (Å²) >= 11 is 0. The van der Waals surface area contributed by atoms with Gasteiger partial charge in [-0.2, -0.15) is 0 Å². The Hall–Kier alpha value is -2.62. The highest BCUT2D eigenvalue weighted by molar-refractivity contribution is 5.84.